The molecule has 0 radical (unpaired) electrons. The number of ether oxygens (including phenoxy) is 2. The van der Waals surface area contributed by atoms with E-state index in [1.807, 2.05) is 0 Å². The third-order valence-electron chi connectivity index (χ3n) is 5.50. The summed E-state index contributed by atoms with van der Waals surface area (Å²) >= 11 is 12.4. The summed E-state index contributed by atoms with van der Waals surface area (Å²) in [6, 6.07) is 16.4. The van der Waals surface area contributed by atoms with Crippen molar-refractivity contribution in [1.29, 1.82) is 0 Å². The van der Waals surface area contributed by atoms with Crippen LogP contribution in [0, 0.1) is 0 Å². The molecule has 9 heteroatoms. The molecule has 0 atom stereocenters. The number of hydrogen-bond donors (Lipinski definition) is 0. The zero-order valence-electron chi connectivity index (χ0n) is 18.4. The fourth-order valence-electron chi connectivity index (χ4n) is 3.82. The van der Waals surface area contributed by atoms with E-state index in [1.54, 1.807) is 55.6 Å². The Morgan fingerprint density at radius 1 is 0.912 bits per heavy atom. The van der Waals surface area contributed by atoms with Gasteiger partial charge in [0.1, 0.15) is 11.5 Å². The highest BCUT2D eigenvalue weighted by atomic mass is 35.5. The molecular formula is C25H20Cl2N2O5. The Morgan fingerprint density at radius 3 is 2.09 bits per heavy atom. The van der Waals surface area contributed by atoms with Crippen molar-refractivity contribution in [3.63, 3.8) is 0 Å². The topological polar surface area (TPSA) is 76.2 Å². The minimum atomic E-state index is -0.456. The van der Waals surface area contributed by atoms with Gasteiger partial charge in [-0.3, -0.25) is 19.3 Å². The summed E-state index contributed by atoms with van der Waals surface area (Å²) in [5.74, 6) is -0.463. The van der Waals surface area contributed by atoms with Gasteiger partial charge in [-0.1, -0.05) is 35.3 Å². The molecule has 0 aromatic heterocycles. The molecule has 3 aromatic rings. The molecule has 3 amide bonds. The van der Waals surface area contributed by atoms with Crippen LogP contribution in [-0.2, 0) is 0 Å². The standard InChI is InChI=1S/C25H20Cl2N2O5/c1-33-17-9-7-16(8-10-17)28(25(32)20-13-15(26)14-21(27)22(20)34-2)11-12-29-23(30)18-5-3-4-6-19(18)24(29)31/h3-10,13-14H,11-12H2,1-2H3. The van der Waals surface area contributed by atoms with Crippen molar-refractivity contribution in [2.75, 3.05) is 32.2 Å². The van der Waals surface area contributed by atoms with Crippen LogP contribution in [0.3, 0.4) is 0 Å². The second-order valence-electron chi connectivity index (χ2n) is 7.43. The van der Waals surface area contributed by atoms with Crippen LogP contribution in [0.15, 0.2) is 60.7 Å². The van der Waals surface area contributed by atoms with Crippen molar-refractivity contribution in [3.05, 3.63) is 87.4 Å². The van der Waals surface area contributed by atoms with Crippen LogP contribution in [0.25, 0.3) is 0 Å². The second kappa shape index (κ2) is 9.75. The molecule has 0 bridgehead atoms. The van der Waals surface area contributed by atoms with Crippen LogP contribution in [0.4, 0.5) is 5.69 Å². The van der Waals surface area contributed by atoms with Gasteiger partial charge in [0.2, 0.25) is 0 Å². The van der Waals surface area contributed by atoms with Crippen molar-refractivity contribution in [2.24, 2.45) is 0 Å². The molecule has 1 aliphatic heterocycles. The van der Waals surface area contributed by atoms with E-state index in [2.05, 4.69) is 0 Å². The van der Waals surface area contributed by atoms with Gasteiger partial charge in [0.05, 0.1) is 35.9 Å². The van der Waals surface area contributed by atoms with Crippen LogP contribution in [0.2, 0.25) is 10.0 Å². The normalized spacial score (nSPS) is 12.5. The zero-order chi connectivity index (χ0) is 24.4. The lowest BCUT2D eigenvalue weighted by atomic mass is 10.1. The Hall–Kier alpha value is -3.55. The summed E-state index contributed by atoms with van der Waals surface area (Å²) in [6.07, 6.45) is 0. The smallest absolute Gasteiger partial charge is 0.262 e. The number of imide groups is 1. The molecule has 0 saturated carbocycles. The van der Waals surface area contributed by atoms with Crippen LogP contribution in [0.5, 0.6) is 11.5 Å². The van der Waals surface area contributed by atoms with E-state index in [0.717, 1.165) is 4.90 Å². The fourth-order valence-corrected chi connectivity index (χ4v) is 4.39. The van der Waals surface area contributed by atoms with Gasteiger partial charge in [-0.25, -0.2) is 0 Å². The van der Waals surface area contributed by atoms with Gasteiger partial charge < -0.3 is 14.4 Å². The largest absolute Gasteiger partial charge is 0.497 e. The number of nitrogens with zero attached hydrogens (tertiary/aromatic N) is 2. The van der Waals surface area contributed by atoms with Crippen LogP contribution in [0.1, 0.15) is 31.1 Å². The number of carbonyl (C=O) groups excluding carboxylic acids is 3. The maximum Gasteiger partial charge on any atom is 0.262 e. The molecule has 0 N–H and O–H groups in total. The van der Waals surface area contributed by atoms with Gasteiger partial charge in [-0.2, -0.15) is 0 Å². The number of fused-ring (bicyclic) bond motifs is 1. The molecule has 4 rings (SSSR count). The van der Waals surface area contributed by atoms with E-state index >= 15 is 0 Å². The molecule has 7 nitrogen and oxygen atoms in total. The Labute approximate surface area is 206 Å². The van der Waals surface area contributed by atoms with Crippen molar-refractivity contribution in [2.45, 2.75) is 0 Å². The summed E-state index contributed by atoms with van der Waals surface area (Å²) in [7, 11) is 2.95. The number of benzene rings is 3. The van der Waals surface area contributed by atoms with E-state index in [0.29, 0.717) is 22.6 Å². The number of carbonyl (C=O) groups is 3. The Kier molecular flexibility index (Phi) is 6.77. The number of amides is 3. The Bertz CT molecular complexity index is 1240. The zero-order valence-corrected chi connectivity index (χ0v) is 19.9. The summed E-state index contributed by atoms with van der Waals surface area (Å²) in [5.41, 5.74) is 1.37. The average molecular weight is 499 g/mol. The summed E-state index contributed by atoms with van der Waals surface area (Å²) in [6.45, 7) is 0.0185. The minimum absolute atomic E-state index is 0.0132. The second-order valence-corrected chi connectivity index (χ2v) is 8.27. The van der Waals surface area contributed by atoms with Crippen molar-refractivity contribution >= 4 is 46.6 Å². The fraction of sp³-hybridized carbons (Fsp3) is 0.160. The predicted octanol–water partition coefficient (Wildman–Crippen LogP) is 4.95. The van der Waals surface area contributed by atoms with Gasteiger partial charge in [0, 0.05) is 23.8 Å². The maximum atomic E-state index is 13.7. The molecule has 0 fully saturated rings. The number of hydrogen-bond acceptors (Lipinski definition) is 5. The van der Waals surface area contributed by atoms with Crippen molar-refractivity contribution in [1.82, 2.24) is 4.90 Å². The van der Waals surface area contributed by atoms with E-state index in [-0.39, 0.29) is 34.4 Å². The number of methoxy groups -OCH3 is 2. The van der Waals surface area contributed by atoms with Gasteiger partial charge in [-0.15, -0.1) is 0 Å². The third kappa shape index (κ3) is 4.32. The van der Waals surface area contributed by atoms with Crippen LogP contribution < -0.4 is 14.4 Å². The summed E-state index contributed by atoms with van der Waals surface area (Å²) in [5, 5.41) is 0.456. The molecule has 0 aliphatic carbocycles. The van der Waals surface area contributed by atoms with E-state index in [1.165, 1.54) is 24.1 Å². The molecule has 0 saturated heterocycles. The first kappa shape index (κ1) is 23.6. The quantitative estimate of drug-likeness (QED) is 0.430. The van der Waals surface area contributed by atoms with E-state index in [9.17, 15) is 14.4 Å². The minimum Gasteiger partial charge on any atom is -0.497 e. The lowest BCUT2D eigenvalue weighted by Gasteiger charge is -2.26. The molecule has 3 aromatic carbocycles. The molecular weight excluding hydrogens is 479 g/mol. The molecule has 0 unspecified atom stereocenters. The highest BCUT2D eigenvalue weighted by Gasteiger charge is 2.35. The molecule has 1 aliphatic rings. The third-order valence-corrected chi connectivity index (χ3v) is 6.00. The highest BCUT2D eigenvalue weighted by molar-refractivity contribution is 6.36. The summed E-state index contributed by atoms with van der Waals surface area (Å²) < 4.78 is 10.6. The number of anilines is 1. The summed E-state index contributed by atoms with van der Waals surface area (Å²) in [4.78, 5) is 41.9. The number of rotatable bonds is 7. The highest BCUT2D eigenvalue weighted by Crippen LogP contribution is 2.34. The molecule has 0 spiro atoms. The first-order chi connectivity index (χ1) is 16.3. The maximum absolute atomic E-state index is 13.7. The van der Waals surface area contributed by atoms with Gasteiger partial charge >= 0.3 is 0 Å². The average Bonchev–Trinajstić information content (AvgIpc) is 3.09. The van der Waals surface area contributed by atoms with E-state index < -0.39 is 17.7 Å². The first-order valence-electron chi connectivity index (χ1n) is 10.3. The van der Waals surface area contributed by atoms with Crippen molar-refractivity contribution < 1.29 is 23.9 Å². The first-order valence-corrected chi connectivity index (χ1v) is 11.1. The van der Waals surface area contributed by atoms with E-state index in [4.69, 9.17) is 32.7 Å². The predicted molar refractivity (Wildman–Crippen MR) is 129 cm³/mol. The van der Waals surface area contributed by atoms with Crippen molar-refractivity contribution in [3.8, 4) is 11.5 Å². The Balaban J connectivity index is 1.68. The SMILES string of the molecule is COc1ccc(N(CCN2C(=O)c3ccccc3C2=O)C(=O)c2cc(Cl)cc(Cl)c2OC)cc1. The van der Waals surface area contributed by atoms with Gasteiger partial charge in [0.25, 0.3) is 17.7 Å². The van der Waals surface area contributed by atoms with Gasteiger partial charge in [0.15, 0.2) is 0 Å². The van der Waals surface area contributed by atoms with Crippen LogP contribution in [-0.4, -0.2) is 49.9 Å². The molecule has 174 valence electrons. The monoisotopic (exact) mass is 498 g/mol. The molecule has 1 heterocycles. The lowest BCUT2D eigenvalue weighted by molar-refractivity contribution is 0.0654. The molecule has 34 heavy (non-hydrogen) atoms. The number of halogens is 2. The lowest BCUT2D eigenvalue weighted by Crippen LogP contribution is -2.41. The van der Waals surface area contributed by atoms with Crippen LogP contribution >= 0.6 is 23.2 Å². The Morgan fingerprint density at radius 2 is 1.53 bits per heavy atom. The van der Waals surface area contributed by atoms with Gasteiger partial charge in [-0.05, 0) is 48.5 Å².